The number of benzene rings is 1. The van der Waals surface area contributed by atoms with Crippen LogP contribution in [0, 0.1) is 6.92 Å². The lowest BCUT2D eigenvalue weighted by Gasteiger charge is -2.36. The van der Waals surface area contributed by atoms with Gasteiger partial charge in [0.25, 0.3) is 0 Å². The van der Waals surface area contributed by atoms with Crippen molar-refractivity contribution in [3.63, 3.8) is 0 Å². The predicted molar refractivity (Wildman–Crippen MR) is 74.7 cm³/mol. The third kappa shape index (κ3) is 2.07. The molecule has 0 saturated carbocycles. The van der Waals surface area contributed by atoms with Crippen molar-refractivity contribution in [2.45, 2.75) is 19.8 Å². The van der Waals surface area contributed by atoms with E-state index in [1.54, 1.807) is 0 Å². The van der Waals surface area contributed by atoms with Crippen molar-refractivity contribution in [3.8, 4) is 5.75 Å². The van der Waals surface area contributed by atoms with Gasteiger partial charge in [0.2, 0.25) is 0 Å². The fourth-order valence-electron chi connectivity index (χ4n) is 2.94. The first-order chi connectivity index (χ1) is 8.75. The molecule has 1 saturated heterocycles. The highest BCUT2D eigenvalue weighted by Gasteiger charge is 2.22. The van der Waals surface area contributed by atoms with Crippen LogP contribution in [-0.4, -0.2) is 44.7 Å². The Morgan fingerprint density at radius 1 is 1.11 bits per heavy atom. The van der Waals surface area contributed by atoms with Crippen molar-refractivity contribution in [2.24, 2.45) is 0 Å². The van der Waals surface area contributed by atoms with Gasteiger partial charge >= 0.3 is 0 Å². The number of aryl methyl sites for hydroxylation is 1. The summed E-state index contributed by atoms with van der Waals surface area (Å²) in [6.07, 6.45) is 2.32. The van der Waals surface area contributed by atoms with E-state index in [9.17, 15) is 0 Å². The molecule has 2 aliphatic heterocycles. The van der Waals surface area contributed by atoms with Crippen molar-refractivity contribution < 1.29 is 4.74 Å². The standard InChI is InChI=1S/C15H22N2O/c1-12-5-6-14(13-4-3-11-18-15(12)13)17-9-7-16(2)8-10-17/h5-6H,3-4,7-11H2,1-2H3. The fraction of sp³-hybridized carbons (Fsp3) is 0.600. The van der Waals surface area contributed by atoms with Crippen molar-refractivity contribution in [1.82, 2.24) is 4.90 Å². The third-order valence-corrected chi connectivity index (χ3v) is 4.09. The number of nitrogens with zero attached hydrogens (tertiary/aromatic N) is 2. The summed E-state index contributed by atoms with van der Waals surface area (Å²) < 4.78 is 5.87. The minimum Gasteiger partial charge on any atom is -0.493 e. The molecule has 0 aromatic heterocycles. The second kappa shape index (κ2) is 4.81. The van der Waals surface area contributed by atoms with Gasteiger partial charge in [-0.05, 0) is 38.4 Å². The molecule has 3 rings (SSSR count). The quantitative estimate of drug-likeness (QED) is 0.754. The smallest absolute Gasteiger partial charge is 0.127 e. The maximum Gasteiger partial charge on any atom is 0.127 e. The van der Waals surface area contributed by atoms with E-state index in [1.807, 2.05) is 0 Å². The van der Waals surface area contributed by atoms with E-state index in [0.29, 0.717) is 0 Å². The maximum atomic E-state index is 5.87. The van der Waals surface area contributed by atoms with Gasteiger partial charge in [0, 0.05) is 37.4 Å². The number of ether oxygens (including phenoxy) is 1. The molecule has 0 aliphatic carbocycles. The molecular formula is C15H22N2O. The van der Waals surface area contributed by atoms with E-state index < -0.39 is 0 Å². The van der Waals surface area contributed by atoms with Gasteiger partial charge in [-0.1, -0.05) is 6.07 Å². The van der Waals surface area contributed by atoms with Crippen LogP contribution < -0.4 is 9.64 Å². The molecule has 0 bridgehead atoms. The van der Waals surface area contributed by atoms with Gasteiger partial charge in [-0.3, -0.25) is 0 Å². The highest BCUT2D eigenvalue weighted by molar-refractivity contribution is 5.62. The minimum atomic E-state index is 0.875. The molecule has 0 amide bonds. The zero-order valence-electron chi connectivity index (χ0n) is 11.4. The molecule has 98 valence electrons. The van der Waals surface area contributed by atoms with Crippen LogP contribution in [0.25, 0.3) is 0 Å². The van der Waals surface area contributed by atoms with Crippen LogP contribution in [0.3, 0.4) is 0 Å². The highest BCUT2D eigenvalue weighted by Crippen LogP contribution is 2.36. The van der Waals surface area contributed by atoms with Crippen molar-refractivity contribution >= 4 is 5.69 Å². The zero-order chi connectivity index (χ0) is 12.5. The first-order valence-electron chi connectivity index (χ1n) is 6.94. The van der Waals surface area contributed by atoms with Crippen molar-refractivity contribution in [2.75, 3.05) is 44.7 Å². The minimum absolute atomic E-state index is 0.875. The lowest BCUT2D eigenvalue weighted by molar-refractivity contribution is 0.285. The maximum absolute atomic E-state index is 5.87. The van der Waals surface area contributed by atoms with E-state index >= 15 is 0 Å². The summed E-state index contributed by atoms with van der Waals surface area (Å²) in [5.74, 6) is 1.15. The summed E-state index contributed by atoms with van der Waals surface area (Å²) in [7, 11) is 2.20. The Morgan fingerprint density at radius 3 is 2.67 bits per heavy atom. The molecule has 0 atom stereocenters. The summed E-state index contributed by atoms with van der Waals surface area (Å²) in [4.78, 5) is 4.92. The largest absolute Gasteiger partial charge is 0.493 e. The molecular weight excluding hydrogens is 224 g/mol. The summed E-state index contributed by atoms with van der Waals surface area (Å²) in [5.41, 5.74) is 4.12. The summed E-state index contributed by atoms with van der Waals surface area (Å²) in [6.45, 7) is 7.60. The van der Waals surface area contributed by atoms with Crippen molar-refractivity contribution in [1.29, 1.82) is 0 Å². The molecule has 1 aromatic carbocycles. The van der Waals surface area contributed by atoms with E-state index in [2.05, 4.69) is 35.9 Å². The van der Waals surface area contributed by atoms with E-state index in [0.717, 1.165) is 45.0 Å². The fourth-order valence-corrected chi connectivity index (χ4v) is 2.94. The second-order valence-electron chi connectivity index (χ2n) is 5.45. The van der Waals surface area contributed by atoms with Gasteiger partial charge in [-0.2, -0.15) is 0 Å². The molecule has 2 heterocycles. The van der Waals surface area contributed by atoms with Crippen LogP contribution in [0.5, 0.6) is 5.75 Å². The average Bonchev–Trinajstić information content (AvgIpc) is 2.41. The SMILES string of the molecule is Cc1ccc(N2CCN(C)CC2)c2c1OCCC2. The van der Waals surface area contributed by atoms with Crippen LogP contribution in [0.2, 0.25) is 0 Å². The Labute approximate surface area is 109 Å². The number of rotatable bonds is 1. The van der Waals surface area contributed by atoms with E-state index in [1.165, 1.54) is 23.2 Å². The topological polar surface area (TPSA) is 15.7 Å². The Morgan fingerprint density at radius 2 is 1.89 bits per heavy atom. The summed E-state index contributed by atoms with van der Waals surface area (Å²) in [5, 5.41) is 0. The number of piperazine rings is 1. The van der Waals surface area contributed by atoms with Gasteiger partial charge in [0.1, 0.15) is 5.75 Å². The van der Waals surface area contributed by atoms with E-state index in [-0.39, 0.29) is 0 Å². The third-order valence-electron chi connectivity index (χ3n) is 4.09. The highest BCUT2D eigenvalue weighted by atomic mass is 16.5. The summed E-state index contributed by atoms with van der Waals surface area (Å²) >= 11 is 0. The lowest BCUT2D eigenvalue weighted by atomic mass is 9.99. The first kappa shape index (κ1) is 11.8. The molecule has 18 heavy (non-hydrogen) atoms. The molecule has 2 aliphatic rings. The van der Waals surface area contributed by atoms with Gasteiger partial charge in [-0.25, -0.2) is 0 Å². The number of anilines is 1. The number of fused-ring (bicyclic) bond motifs is 1. The number of hydrogen-bond donors (Lipinski definition) is 0. The predicted octanol–water partition coefficient (Wildman–Crippen LogP) is 2.07. The molecule has 0 N–H and O–H groups in total. The summed E-state index contributed by atoms with van der Waals surface area (Å²) in [6, 6.07) is 4.49. The average molecular weight is 246 g/mol. The van der Waals surface area contributed by atoms with Crippen LogP contribution in [-0.2, 0) is 6.42 Å². The molecule has 1 fully saturated rings. The second-order valence-corrected chi connectivity index (χ2v) is 5.45. The van der Waals surface area contributed by atoms with E-state index in [4.69, 9.17) is 4.74 Å². The number of likely N-dealkylation sites (N-methyl/N-ethyl adjacent to an activating group) is 1. The van der Waals surface area contributed by atoms with Gasteiger partial charge in [-0.15, -0.1) is 0 Å². The Kier molecular flexibility index (Phi) is 3.16. The molecule has 0 radical (unpaired) electrons. The molecule has 0 unspecified atom stereocenters. The van der Waals surface area contributed by atoms with Gasteiger partial charge in [0.15, 0.2) is 0 Å². The van der Waals surface area contributed by atoms with Crippen molar-refractivity contribution in [3.05, 3.63) is 23.3 Å². The van der Waals surface area contributed by atoms with Gasteiger partial charge < -0.3 is 14.5 Å². The number of hydrogen-bond acceptors (Lipinski definition) is 3. The molecule has 0 spiro atoms. The lowest BCUT2D eigenvalue weighted by Crippen LogP contribution is -2.45. The first-order valence-corrected chi connectivity index (χ1v) is 6.94. The molecule has 3 nitrogen and oxygen atoms in total. The van der Waals surface area contributed by atoms with Crippen LogP contribution in [0.4, 0.5) is 5.69 Å². The zero-order valence-corrected chi connectivity index (χ0v) is 11.4. The van der Waals surface area contributed by atoms with Crippen LogP contribution in [0.15, 0.2) is 12.1 Å². The van der Waals surface area contributed by atoms with Crippen LogP contribution in [0.1, 0.15) is 17.5 Å². The van der Waals surface area contributed by atoms with Gasteiger partial charge in [0.05, 0.1) is 6.61 Å². The molecule has 1 aromatic rings. The Hall–Kier alpha value is -1.22. The van der Waals surface area contributed by atoms with Crippen LogP contribution >= 0.6 is 0 Å². The monoisotopic (exact) mass is 246 g/mol. The normalized spacial score (nSPS) is 20.4. The molecule has 3 heteroatoms. The Bertz CT molecular complexity index is 436. The Balaban J connectivity index is 1.92.